The Labute approximate surface area is 123 Å². The van der Waals surface area contributed by atoms with Crippen LogP contribution >= 0.6 is 11.6 Å². The first kappa shape index (κ1) is 14.8. The van der Waals surface area contributed by atoms with Crippen LogP contribution in [0.4, 0.5) is 10.1 Å². The van der Waals surface area contributed by atoms with Crippen molar-refractivity contribution in [1.29, 1.82) is 0 Å². The summed E-state index contributed by atoms with van der Waals surface area (Å²) in [5, 5.41) is 10.7. The van der Waals surface area contributed by atoms with Crippen molar-refractivity contribution in [3.63, 3.8) is 0 Å². The molecule has 0 amide bonds. The van der Waals surface area contributed by atoms with Crippen molar-refractivity contribution in [3.05, 3.63) is 64.9 Å². The van der Waals surface area contributed by atoms with E-state index in [-0.39, 0.29) is 5.82 Å². The first-order valence-corrected chi connectivity index (χ1v) is 6.85. The lowest BCUT2D eigenvalue weighted by Gasteiger charge is -2.21. The average Bonchev–Trinajstić information content (AvgIpc) is 2.45. The molecule has 0 aliphatic rings. The zero-order valence-electron chi connectivity index (χ0n) is 11.3. The van der Waals surface area contributed by atoms with Crippen LogP contribution in [0.15, 0.2) is 48.5 Å². The van der Waals surface area contributed by atoms with E-state index in [1.54, 1.807) is 12.1 Å². The molecule has 0 spiro atoms. The standard InChI is InChI=1S/C16H17ClFNO/c1-19(13-6-4-5-12(18)11-13)10-9-16(20)14-7-2-3-8-15(14)17/h2-8,11,16,20H,9-10H2,1H3. The topological polar surface area (TPSA) is 23.5 Å². The number of benzene rings is 2. The molecule has 1 atom stereocenters. The number of hydrogen-bond acceptors (Lipinski definition) is 2. The van der Waals surface area contributed by atoms with Gasteiger partial charge in [0.2, 0.25) is 0 Å². The highest BCUT2D eigenvalue weighted by atomic mass is 35.5. The van der Waals surface area contributed by atoms with E-state index in [9.17, 15) is 9.50 Å². The van der Waals surface area contributed by atoms with E-state index in [4.69, 9.17) is 11.6 Å². The molecule has 1 unspecified atom stereocenters. The third kappa shape index (κ3) is 3.71. The third-order valence-electron chi connectivity index (χ3n) is 3.25. The molecule has 4 heteroatoms. The van der Waals surface area contributed by atoms with Crippen LogP contribution in [0.25, 0.3) is 0 Å². The Kier molecular flexibility index (Phi) is 4.99. The predicted molar refractivity (Wildman–Crippen MR) is 80.7 cm³/mol. The highest BCUT2D eigenvalue weighted by Crippen LogP contribution is 2.25. The van der Waals surface area contributed by atoms with Gasteiger partial charge in [-0.05, 0) is 36.2 Å². The van der Waals surface area contributed by atoms with Gasteiger partial charge in [-0.3, -0.25) is 0 Å². The summed E-state index contributed by atoms with van der Waals surface area (Å²) >= 11 is 6.05. The SMILES string of the molecule is CN(CCC(O)c1ccccc1Cl)c1cccc(F)c1. The average molecular weight is 294 g/mol. The molecule has 0 aliphatic carbocycles. The summed E-state index contributed by atoms with van der Waals surface area (Å²) in [6.45, 7) is 0.607. The maximum absolute atomic E-state index is 13.2. The van der Waals surface area contributed by atoms with Gasteiger partial charge in [-0.1, -0.05) is 35.9 Å². The Bertz CT molecular complexity index is 576. The zero-order valence-corrected chi connectivity index (χ0v) is 12.0. The highest BCUT2D eigenvalue weighted by molar-refractivity contribution is 6.31. The molecule has 0 heterocycles. The monoisotopic (exact) mass is 293 g/mol. The van der Waals surface area contributed by atoms with Gasteiger partial charge in [0.25, 0.3) is 0 Å². The molecule has 0 radical (unpaired) electrons. The second-order valence-corrected chi connectivity index (χ2v) is 5.13. The number of anilines is 1. The van der Waals surface area contributed by atoms with Gasteiger partial charge in [-0.15, -0.1) is 0 Å². The smallest absolute Gasteiger partial charge is 0.125 e. The van der Waals surface area contributed by atoms with Crippen LogP contribution in [0, 0.1) is 5.82 Å². The van der Waals surface area contributed by atoms with Gasteiger partial charge in [-0.25, -0.2) is 4.39 Å². The van der Waals surface area contributed by atoms with Crippen LogP contribution in [0.2, 0.25) is 5.02 Å². The molecule has 0 aliphatic heterocycles. The minimum absolute atomic E-state index is 0.263. The van der Waals surface area contributed by atoms with Crippen LogP contribution in [0.5, 0.6) is 0 Å². The molecule has 106 valence electrons. The summed E-state index contributed by atoms with van der Waals surface area (Å²) in [5.74, 6) is -0.263. The minimum atomic E-state index is -0.625. The van der Waals surface area contributed by atoms with E-state index in [0.717, 1.165) is 11.3 Å². The maximum Gasteiger partial charge on any atom is 0.125 e. The van der Waals surface area contributed by atoms with Crippen molar-refractivity contribution in [1.82, 2.24) is 0 Å². The van der Waals surface area contributed by atoms with E-state index in [1.165, 1.54) is 12.1 Å². The summed E-state index contributed by atoms with van der Waals surface area (Å²) < 4.78 is 13.2. The van der Waals surface area contributed by atoms with E-state index >= 15 is 0 Å². The molecule has 2 aromatic rings. The Hall–Kier alpha value is -1.58. The fourth-order valence-electron chi connectivity index (χ4n) is 2.06. The Morgan fingerprint density at radius 1 is 1.20 bits per heavy atom. The molecule has 2 rings (SSSR count). The van der Waals surface area contributed by atoms with Crippen LogP contribution in [-0.4, -0.2) is 18.7 Å². The predicted octanol–water partition coefficient (Wildman–Crippen LogP) is 4.04. The molecule has 0 bridgehead atoms. The maximum atomic E-state index is 13.2. The molecule has 0 saturated carbocycles. The molecule has 0 saturated heterocycles. The van der Waals surface area contributed by atoms with Gasteiger partial charge in [-0.2, -0.15) is 0 Å². The number of halogens is 2. The van der Waals surface area contributed by atoms with E-state index in [1.807, 2.05) is 36.2 Å². The van der Waals surface area contributed by atoms with Crippen LogP contribution in [0.1, 0.15) is 18.1 Å². The molecule has 2 nitrogen and oxygen atoms in total. The quantitative estimate of drug-likeness (QED) is 0.899. The number of aliphatic hydroxyl groups is 1. The van der Waals surface area contributed by atoms with E-state index in [2.05, 4.69) is 0 Å². The molecule has 20 heavy (non-hydrogen) atoms. The molecule has 2 aromatic carbocycles. The lowest BCUT2D eigenvalue weighted by atomic mass is 10.1. The van der Waals surface area contributed by atoms with Gasteiger partial charge in [0, 0.05) is 24.3 Å². The summed E-state index contributed by atoms with van der Waals surface area (Å²) in [6.07, 6.45) is -0.101. The summed E-state index contributed by atoms with van der Waals surface area (Å²) in [4.78, 5) is 1.91. The fraction of sp³-hybridized carbons (Fsp3) is 0.250. The summed E-state index contributed by atoms with van der Waals surface area (Å²) in [6, 6.07) is 13.7. The lowest BCUT2D eigenvalue weighted by molar-refractivity contribution is 0.170. The molecular formula is C16H17ClFNO. The van der Waals surface area contributed by atoms with E-state index < -0.39 is 6.10 Å². The number of nitrogens with zero attached hydrogens (tertiary/aromatic N) is 1. The van der Waals surface area contributed by atoms with Gasteiger partial charge in [0.1, 0.15) is 5.82 Å². The fourth-order valence-corrected chi connectivity index (χ4v) is 2.32. The first-order chi connectivity index (χ1) is 9.58. The van der Waals surface area contributed by atoms with Crippen molar-refractivity contribution in [2.24, 2.45) is 0 Å². The van der Waals surface area contributed by atoms with Crippen LogP contribution < -0.4 is 4.90 Å². The van der Waals surface area contributed by atoms with Crippen molar-refractivity contribution < 1.29 is 9.50 Å². The zero-order chi connectivity index (χ0) is 14.5. The minimum Gasteiger partial charge on any atom is -0.388 e. The normalized spacial score (nSPS) is 12.2. The Morgan fingerprint density at radius 2 is 1.95 bits per heavy atom. The number of hydrogen-bond donors (Lipinski definition) is 1. The van der Waals surface area contributed by atoms with Gasteiger partial charge in [0.05, 0.1) is 6.10 Å². The molecule has 0 aromatic heterocycles. The van der Waals surface area contributed by atoms with Crippen molar-refractivity contribution in [3.8, 4) is 0 Å². The molecule has 0 fully saturated rings. The van der Waals surface area contributed by atoms with E-state index in [0.29, 0.717) is 18.0 Å². The van der Waals surface area contributed by atoms with Crippen LogP contribution in [-0.2, 0) is 0 Å². The van der Waals surface area contributed by atoms with Crippen molar-refractivity contribution >= 4 is 17.3 Å². The number of rotatable bonds is 5. The Morgan fingerprint density at radius 3 is 2.65 bits per heavy atom. The first-order valence-electron chi connectivity index (χ1n) is 6.47. The van der Waals surface area contributed by atoms with Crippen molar-refractivity contribution in [2.75, 3.05) is 18.5 Å². The van der Waals surface area contributed by atoms with Gasteiger partial charge in [0.15, 0.2) is 0 Å². The lowest BCUT2D eigenvalue weighted by Crippen LogP contribution is -2.20. The largest absolute Gasteiger partial charge is 0.388 e. The number of aliphatic hydroxyl groups excluding tert-OH is 1. The molecular weight excluding hydrogens is 277 g/mol. The second kappa shape index (κ2) is 6.73. The summed E-state index contributed by atoms with van der Waals surface area (Å²) in [5.41, 5.74) is 1.51. The Balaban J connectivity index is 1.97. The van der Waals surface area contributed by atoms with Crippen LogP contribution in [0.3, 0.4) is 0 Å². The third-order valence-corrected chi connectivity index (χ3v) is 3.60. The molecule has 1 N–H and O–H groups in total. The second-order valence-electron chi connectivity index (χ2n) is 4.73. The van der Waals surface area contributed by atoms with Gasteiger partial charge < -0.3 is 10.0 Å². The van der Waals surface area contributed by atoms with Gasteiger partial charge >= 0.3 is 0 Å². The summed E-state index contributed by atoms with van der Waals surface area (Å²) in [7, 11) is 1.87. The highest BCUT2D eigenvalue weighted by Gasteiger charge is 2.12. The van der Waals surface area contributed by atoms with Crippen molar-refractivity contribution in [2.45, 2.75) is 12.5 Å².